The number of aliphatic hydroxyl groups is 1. The van der Waals surface area contributed by atoms with Crippen LogP contribution in [0.5, 0.6) is 0 Å². The summed E-state index contributed by atoms with van der Waals surface area (Å²) >= 11 is 0. The first-order chi connectivity index (χ1) is 8.83. The van der Waals surface area contributed by atoms with Crippen molar-refractivity contribution in [2.24, 2.45) is 0 Å². The van der Waals surface area contributed by atoms with Gasteiger partial charge in [-0.2, -0.15) is 0 Å². The standard InChI is InChI=1S/C14H19NO4/c1-14(2,3)19-13(18)15-12(11(17)9-16)10-7-5-4-6-8-10/h4-8,12,16H,9H2,1-3H3,(H,15,18)/t12-/m0/s1. The summed E-state index contributed by atoms with van der Waals surface area (Å²) in [6, 6.07) is 7.82. The molecule has 0 aliphatic heterocycles. The maximum absolute atomic E-state index is 11.7. The average Bonchev–Trinajstić information content (AvgIpc) is 2.34. The molecule has 104 valence electrons. The summed E-state index contributed by atoms with van der Waals surface area (Å²) in [6.45, 7) is 4.56. The first-order valence-corrected chi connectivity index (χ1v) is 6.01. The van der Waals surface area contributed by atoms with Crippen LogP contribution in [-0.2, 0) is 9.53 Å². The van der Waals surface area contributed by atoms with E-state index in [-0.39, 0.29) is 0 Å². The van der Waals surface area contributed by atoms with Crippen LogP contribution in [0.2, 0.25) is 0 Å². The number of carbonyl (C=O) groups is 2. The Labute approximate surface area is 112 Å². The van der Waals surface area contributed by atoms with Gasteiger partial charge < -0.3 is 15.2 Å². The minimum Gasteiger partial charge on any atom is -0.444 e. The van der Waals surface area contributed by atoms with E-state index in [2.05, 4.69) is 5.32 Å². The summed E-state index contributed by atoms with van der Waals surface area (Å²) in [5, 5.41) is 11.4. The monoisotopic (exact) mass is 265 g/mol. The first-order valence-electron chi connectivity index (χ1n) is 6.01. The lowest BCUT2D eigenvalue weighted by Crippen LogP contribution is -2.38. The second-order valence-electron chi connectivity index (χ2n) is 5.11. The number of alkyl carbamates (subject to hydrolysis) is 1. The number of hydrogen-bond acceptors (Lipinski definition) is 4. The van der Waals surface area contributed by atoms with Crippen LogP contribution in [0.4, 0.5) is 4.79 Å². The smallest absolute Gasteiger partial charge is 0.408 e. The van der Waals surface area contributed by atoms with Gasteiger partial charge in [-0.25, -0.2) is 4.79 Å². The fourth-order valence-electron chi connectivity index (χ4n) is 1.51. The molecule has 1 atom stereocenters. The molecule has 0 radical (unpaired) electrons. The molecule has 0 aliphatic carbocycles. The molecule has 0 heterocycles. The Morgan fingerprint density at radius 3 is 2.32 bits per heavy atom. The Balaban J connectivity index is 2.83. The number of amides is 1. The quantitative estimate of drug-likeness (QED) is 0.870. The third kappa shape index (κ3) is 5.09. The first kappa shape index (κ1) is 15.2. The van der Waals surface area contributed by atoms with Gasteiger partial charge in [0.05, 0.1) is 0 Å². The van der Waals surface area contributed by atoms with Gasteiger partial charge in [0.15, 0.2) is 5.78 Å². The van der Waals surface area contributed by atoms with E-state index in [1.807, 2.05) is 0 Å². The maximum atomic E-state index is 11.7. The molecule has 5 heteroatoms. The molecule has 0 aliphatic rings. The minimum absolute atomic E-state index is 0.489. The van der Waals surface area contributed by atoms with Crippen molar-refractivity contribution in [3.63, 3.8) is 0 Å². The molecule has 0 aromatic heterocycles. The third-order valence-corrected chi connectivity index (χ3v) is 2.27. The maximum Gasteiger partial charge on any atom is 0.408 e. The fourth-order valence-corrected chi connectivity index (χ4v) is 1.51. The van der Waals surface area contributed by atoms with Gasteiger partial charge in [0.1, 0.15) is 18.2 Å². The lowest BCUT2D eigenvalue weighted by molar-refractivity contribution is -0.124. The summed E-state index contributed by atoms with van der Waals surface area (Å²) in [6.07, 6.45) is -0.692. The second-order valence-corrected chi connectivity index (χ2v) is 5.11. The Bertz CT molecular complexity index is 437. The fraction of sp³-hybridized carbons (Fsp3) is 0.429. The molecular weight excluding hydrogens is 246 g/mol. The van der Waals surface area contributed by atoms with Gasteiger partial charge in [-0.05, 0) is 26.3 Å². The van der Waals surface area contributed by atoms with E-state index in [0.29, 0.717) is 5.56 Å². The van der Waals surface area contributed by atoms with Crippen molar-refractivity contribution < 1.29 is 19.4 Å². The molecule has 0 saturated carbocycles. The lowest BCUT2D eigenvalue weighted by atomic mass is 10.0. The molecule has 0 saturated heterocycles. The second kappa shape index (κ2) is 6.33. The predicted molar refractivity (Wildman–Crippen MR) is 70.6 cm³/mol. The van der Waals surface area contributed by atoms with Crippen molar-refractivity contribution in [3.8, 4) is 0 Å². The number of carbonyl (C=O) groups excluding carboxylic acids is 2. The van der Waals surface area contributed by atoms with Crippen molar-refractivity contribution in [3.05, 3.63) is 35.9 Å². The highest BCUT2D eigenvalue weighted by atomic mass is 16.6. The topological polar surface area (TPSA) is 75.6 Å². The number of nitrogens with one attached hydrogen (secondary N) is 1. The molecule has 1 rings (SSSR count). The van der Waals surface area contributed by atoms with Gasteiger partial charge in [-0.1, -0.05) is 30.3 Å². The molecule has 0 bridgehead atoms. The van der Waals surface area contributed by atoms with Crippen molar-refractivity contribution in [2.75, 3.05) is 6.61 Å². The van der Waals surface area contributed by atoms with E-state index in [1.54, 1.807) is 51.1 Å². The van der Waals surface area contributed by atoms with Gasteiger partial charge in [0.2, 0.25) is 0 Å². The van der Waals surface area contributed by atoms with Gasteiger partial charge >= 0.3 is 6.09 Å². The summed E-state index contributed by atoms with van der Waals surface area (Å²) < 4.78 is 5.10. The van der Waals surface area contributed by atoms with Crippen LogP contribution in [0.3, 0.4) is 0 Å². The summed E-state index contributed by atoms with van der Waals surface area (Å²) in [5.41, 5.74) is -0.0412. The molecular formula is C14H19NO4. The van der Waals surface area contributed by atoms with Crippen LogP contribution in [0.1, 0.15) is 32.4 Å². The van der Waals surface area contributed by atoms with Gasteiger partial charge in [-0.15, -0.1) is 0 Å². The number of benzene rings is 1. The predicted octanol–water partition coefficient (Wildman–Crippen LogP) is 1.81. The molecule has 1 aromatic carbocycles. The molecule has 0 fully saturated rings. The highest BCUT2D eigenvalue weighted by molar-refractivity contribution is 5.89. The molecule has 19 heavy (non-hydrogen) atoms. The Morgan fingerprint density at radius 1 is 1.26 bits per heavy atom. The number of Topliss-reactive ketones (excluding diaryl/α,β-unsaturated/α-hetero) is 1. The summed E-state index contributed by atoms with van der Waals surface area (Å²) in [5.74, 6) is -0.489. The van der Waals surface area contributed by atoms with Crippen LogP contribution in [0.15, 0.2) is 30.3 Å². The molecule has 1 aromatic rings. The van der Waals surface area contributed by atoms with Crippen molar-refractivity contribution >= 4 is 11.9 Å². The van der Waals surface area contributed by atoms with E-state index in [4.69, 9.17) is 9.84 Å². The summed E-state index contributed by atoms with van der Waals surface area (Å²) in [7, 11) is 0. The Morgan fingerprint density at radius 2 is 1.84 bits per heavy atom. The molecule has 5 nitrogen and oxygen atoms in total. The van der Waals surface area contributed by atoms with Crippen LogP contribution >= 0.6 is 0 Å². The number of rotatable bonds is 4. The van der Waals surface area contributed by atoms with E-state index in [1.165, 1.54) is 0 Å². The Hall–Kier alpha value is -1.88. The molecule has 1 amide bonds. The normalized spacial score (nSPS) is 12.6. The number of ketones is 1. The lowest BCUT2D eigenvalue weighted by Gasteiger charge is -2.23. The van der Waals surface area contributed by atoms with E-state index in [0.717, 1.165) is 0 Å². The zero-order valence-corrected chi connectivity index (χ0v) is 11.3. The largest absolute Gasteiger partial charge is 0.444 e. The third-order valence-electron chi connectivity index (χ3n) is 2.27. The van der Waals surface area contributed by atoms with Gasteiger partial charge in [-0.3, -0.25) is 4.79 Å². The molecule has 2 N–H and O–H groups in total. The highest BCUT2D eigenvalue weighted by Crippen LogP contribution is 2.15. The van der Waals surface area contributed by atoms with E-state index in [9.17, 15) is 9.59 Å². The molecule has 0 unspecified atom stereocenters. The van der Waals surface area contributed by atoms with Crippen LogP contribution in [0.25, 0.3) is 0 Å². The summed E-state index contributed by atoms with van der Waals surface area (Å²) in [4.78, 5) is 23.4. The van der Waals surface area contributed by atoms with Crippen molar-refractivity contribution in [1.29, 1.82) is 0 Å². The van der Waals surface area contributed by atoms with Gasteiger partial charge in [0.25, 0.3) is 0 Å². The average molecular weight is 265 g/mol. The zero-order chi connectivity index (χ0) is 14.5. The van der Waals surface area contributed by atoms with Crippen LogP contribution < -0.4 is 5.32 Å². The number of hydrogen-bond donors (Lipinski definition) is 2. The zero-order valence-electron chi connectivity index (χ0n) is 11.3. The Kier molecular flexibility index (Phi) is 5.06. The molecule has 0 spiro atoms. The van der Waals surface area contributed by atoms with Crippen molar-refractivity contribution in [1.82, 2.24) is 5.32 Å². The highest BCUT2D eigenvalue weighted by Gasteiger charge is 2.24. The SMILES string of the molecule is CC(C)(C)OC(=O)N[C@H](C(=O)CO)c1ccccc1. The van der Waals surface area contributed by atoms with E-state index >= 15 is 0 Å². The van der Waals surface area contributed by atoms with Gasteiger partial charge in [0, 0.05) is 0 Å². The van der Waals surface area contributed by atoms with Crippen LogP contribution in [-0.4, -0.2) is 29.2 Å². The number of aliphatic hydroxyl groups excluding tert-OH is 1. The van der Waals surface area contributed by atoms with Crippen LogP contribution in [0, 0.1) is 0 Å². The minimum atomic E-state index is -0.902. The number of ether oxygens (including phenoxy) is 1. The van der Waals surface area contributed by atoms with E-state index < -0.39 is 30.1 Å². The van der Waals surface area contributed by atoms with Crippen molar-refractivity contribution in [2.45, 2.75) is 32.4 Å².